The molecular weight excluding hydrogens is 352 g/mol. The van der Waals surface area contributed by atoms with E-state index < -0.39 is 0 Å². The lowest BCUT2D eigenvalue weighted by molar-refractivity contribution is 0.798. The van der Waals surface area contributed by atoms with Gasteiger partial charge in [-0.25, -0.2) is 4.98 Å². The molecule has 0 amide bonds. The van der Waals surface area contributed by atoms with E-state index >= 15 is 0 Å². The SMILES string of the molecule is CN=C(NCc1csc(-c2ccccc2)n1)NCc1ccccc1Cl. The van der Waals surface area contributed by atoms with Crippen LogP contribution in [0, 0.1) is 0 Å². The molecule has 3 rings (SSSR count). The molecule has 2 N–H and O–H groups in total. The normalized spacial score (nSPS) is 11.4. The Kier molecular flexibility index (Phi) is 6.04. The smallest absolute Gasteiger partial charge is 0.191 e. The maximum Gasteiger partial charge on any atom is 0.191 e. The first kappa shape index (κ1) is 17.5. The summed E-state index contributed by atoms with van der Waals surface area (Å²) < 4.78 is 0. The summed E-state index contributed by atoms with van der Waals surface area (Å²) in [5.41, 5.74) is 3.16. The zero-order chi connectivity index (χ0) is 17.5. The first-order valence-corrected chi connectivity index (χ1v) is 9.20. The van der Waals surface area contributed by atoms with Gasteiger partial charge in [0.1, 0.15) is 5.01 Å². The van der Waals surface area contributed by atoms with Crippen LogP contribution in [0.15, 0.2) is 65.0 Å². The van der Waals surface area contributed by atoms with E-state index in [4.69, 9.17) is 11.6 Å². The Balaban J connectivity index is 1.55. The van der Waals surface area contributed by atoms with Gasteiger partial charge in [0.2, 0.25) is 0 Å². The summed E-state index contributed by atoms with van der Waals surface area (Å²) >= 11 is 7.82. The van der Waals surface area contributed by atoms with Gasteiger partial charge in [-0.1, -0.05) is 60.1 Å². The van der Waals surface area contributed by atoms with Crippen LogP contribution in [-0.2, 0) is 13.1 Å². The van der Waals surface area contributed by atoms with Crippen molar-refractivity contribution in [1.82, 2.24) is 15.6 Å². The molecule has 0 aliphatic heterocycles. The van der Waals surface area contributed by atoms with E-state index in [1.165, 1.54) is 0 Å². The molecule has 0 bridgehead atoms. The number of halogens is 1. The highest BCUT2D eigenvalue weighted by Crippen LogP contribution is 2.23. The second-order valence-electron chi connectivity index (χ2n) is 5.38. The number of nitrogens with one attached hydrogen (secondary N) is 2. The Morgan fingerprint density at radius 2 is 1.76 bits per heavy atom. The molecule has 0 saturated carbocycles. The standard InChI is InChI=1S/C19H19ClN4S/c1-21-19(22-11-15-9-5-6-10-17(15)20)23-12-16-13-25-18(24-16)14-7-3-2-4-8-14/h2-10,13H,11-12H2,1H3,(H2,21,22,23). The van der Waals surface area contributed by atoms with E-state index in [0.717, 1.165) is 26.9 Å². The zero-order valence-electron chi connectivity index (χ0n) is 13.9. The van der Waals surface area contributed by atoms with Crippen LogP contribution in [0.5, 0.6) is 0 Å². The lowest BCUT2D eigenvalue weighted by atomic mass is 10.2. The molecule has 3 aromatic rings. The summed E-state index contributed by atoms with van der Waals surface area (Å²) in [6.45, 7) is 1.23. The minimum Gasteiger partial charge on any atom is -0.352 e. The van der Waals surface area contributed by atoms with Gasteiger partial charge in [-0.05, 0) is 11.6 Å². The number of thiazole rings is 1. The fraction of sp³-hybridized carbons (Fsp3) is 0.158. The van der Waals surface area contributed by atoms with Crippen LogP contribution in [0.2, 0.25) is 5.02 Å². The average Bonchev–Trinajstić information content (AvgIpc) is 3.13. The maximum atomic E-state index is 6.18. The first-order valence-electron chi connectivity index (χ1n) is 7.94. The lowest BCUT2D eigenvalue weighted by Gasteiger charge is -2.11. The molecule has 0 saturated heterocycles. The fourth-order valence-corrected chi connectivity index (χ4v) is 3.35. The highest BCUT2D eigenvalue weighted by atomic mass is 35.5. The number of aliphatic imine (C=N–C) groups is 1. The predicted octanol–water partition coefficient (Wildman–Crippen LogP) is 4.33. The highest BCUT2D eigenvalue weighted by molar-refractivity contribution is 7.13. The van der Waals surface area contributed by atoms with Crippen LogP contribution < -0.4 is 10.6 Å². The van der Waals surface area contributed by atoms with E-state index in [9.17, 15) is 0 Å². The first-order chi connectivity index (χ1) is 12.3. The third kappa shape index (κ3) is 4.81. The van der Waals surface area contributed by atoms with Crippen molar-refractivity contribution in [1.29, 1.82) is 0 Å². The third-order valence-corrected chi connectivity index (χ3v) is 4.95. The van der Waals surface area contributed by atoms with Crippen molar-refractivity contribution in [3.05, 3.63) is 76.3 Å². The number of benzene rings is 2. The van der Waals surface area contributed by atoms with E-state index in [1.807, 2.05) is 42.5 Å². The van der Waals surface area contributed by atoms with E-state index in [0.29, 0.717) is 19.0 Å². The van der Waals surface area contributed by atoms with Crippen LogP contribution >= 0.6 is 22.9 Å². The highest BCUT2D eigenvalue weighted by Gasteiger charge is 2.06. The number of guanidine groups is 1. The Morgan fingerprint density at radius 3 is 2.52 bits per heavy atom. The molecule has 0 spiro atoms. The molecule has 25 heavy (non-hydrogen) atoms. The van der Waals surface area contributed by atoms with Crippen LogP contribution in [-0.4, -0.2) is 18.0 Å². The number of hydrogen-bond acceptors (Lipinski definition) is 3. The van der Waals surface area contributed by atoms with Gasteiger partial charge in [0, 0.05) is 29.6 Å². The molecule has 1 heterocycles. The molecule has 4 nitrogen and oxygen atoms in total. The molecular formula is C19H19ClN4S. The minimum absolute atomic E-state index is 0.617. The van der Waals surface area contributed by atoms with E-state index in [-0.39, 0.29) is 0 Å². The topological polar surface area (TPSA) is 49.3 Å². The Bertz CT molecular complexity index is 845. The van der Waals surface area contributed by atoms with E-state index in [2.05, 4.69) is 38.1 Å². The molecule has 0 aliphatic carbocycles. The number of aromatic nitrogens is 1. The van der Waals surface area contributed by atoms with Gasteiger partial charge in [-0.3, -0.25) is 4.99 Å². The molecule has 2 aromatic carbocycles. The van der Waals surface area contributed by atoms with Crippen molar-refractivity contribution in [2.75, 3.05) is 7.05 Å². The minimum atomic E-state index is 0.617. The maximum absolute atomic E-state index is 6.18. The molecule has 0 radical (unpaired) electrons. The summed E-state index contributed by atoms with van der Waals surface area (Å²) in [5, 5.41) is 10.4. The second-order valence-corrected chi connectivity index (χ2v) is 6.65. The predicted molar refractivity (Wildman–Crippen MR) is 106 cm³/mol. The number of hydrogen-bond donors (Lipinski definition) is 2. The summed E-state index contributed by atoms with van der Waals surface area (Å²) in [4.78, 5) is 8.91. The lowest BCUT2D eigenvalue weighted by Crippen LogP contribution is -2.36. The van der Waals surface area contributed by atoms with Crippen molar-refractivity contribution in [3.8, 4) is 10.6 Å². The molecule has 128 valence electrons. The second kappa shape index (κ2) is 8.65. The van der Waals surface area contributed by atoms with Gasteiger partial charge < -0.3 is 10.6 Å². The van der Waals surface area contributed by atoms with Crippen molar-refractivity contribution in [2.45, 2.75) is 13.1 Å². The van der Waals surface area contributed by atoms with Gasteiger partial charge in [0.05, 0.1) is 12.2 Å². The van der Waals surface area contributed by atoms with Crippen molar-refractivity contribution in [3.63, 3.8) is 0 Å². The van der Waals surface area contributed by atoms with Gasteiger partial charge in [0.25, 0.3) is 0 Å². The summed E-state index contributed by atoms with van der Waals surface area (Å²) in [6, 6.07) is 18.0. The Morgan fingerprint density at radius 1 is 1.04 bits per heavy atom. The quantitative estimate of drug-likeness (QED) is 0.519. The summed E-state index contributed by atoms with van der Waals surface area (Å²) in [7, 11) is 1.75. The summed E-state index contributed by atoms with van der Waals surface area (Å²) in [6.07, 6.45) is 0. The van der Waals surface area contributed by atoms with Crippen molar-refractivity contribution < 1.29 is 0 Å². The summed E-state index contributed by atoms with van der Waals surface area (Å²) in [5.74, 6) is 0.717. The largest absolute Gasteiger partial charge is 0.352 e. The van der Waals surface area contributed by atoms with Crippen molar-refractivity contribution in [2.24, 2.45) is 4.99 Å². The van der Waals surface area contributed by atoms with Gasteiger partial charge in [-0.15, -0.1) is 11.3 Å². The number of nitrogens with zero attached hydrogens (tertiary/aromatic N) is 2. The van der Waals surface area contributed by atoms with Crippen LogP contribution in [0.4, 0.5) is 0 Å². The van der Waals surface area contributed by atoms with Crippen molar-refractivity contribution >= 4 is 28.9 Å². The molecule has 0 aliphatic rings. The van der Waals surface area contributed by atoms with Gasteiger partial charge >= 0.3 is 0 Å². The average molecular weight is 371 g/mol. The molecule has 0 unspecified atom stereocenters. The number of rotatable bonds is 5. The van der Waals surface area contributed by atoms with E-state index in [1.54, 1.807) is 18.4 Å². The fourth-order valence-electron chi connectivity index (χ4n) is 2.32. The Labute approximate surface area is 156 Å². The van der Waals surface area contributed by atoms with Crippen LogP contribution in [0.3, 0.4) is 0 Å². The molecule has 0 fully saturated rings. The molecule has 1 aromatic heterocycles. The van der Waals surface area contributed by atoms with Crippen LogP contribution in [0.1, 0.15) is 11.3 Å². The third-order valence-electron chi connectivity index (χ3n) is 3.64. The molecule has 6 heteroatoms. The molecule has 0 atom stereocenters. The zero-order valence-corrected chi connectivity index (χ0v) is 15.4. The monoisotopic (exact) mass is 370 g/mol. The van der Waals surface area contributed by atoms with Gasteiger partial charge in [-0.2, -0.15) is 0 Å². The van der Waals surface area contributed by atoms with Crippen LogP contribution in [0.25, 0.3) is 10.6 Å². The van der Waals surface area contributed by atoms with Gasteiger partial charge in [0.15, 0.2) is 5.96 Å². The Hall–Kier alpha value is -2.37.